The first kappa shape index (κ1) is 14.7. The van der Waals surface area contributed by atoms with Gasteiger partial charge in [0.05, 0.1) is 11.8 Å². The highest BCUT2D eigenvalue weighted by Gasteiger charge is 2.12. The molecule has 0 bridgehead atoms. The van der Waals surface area contributed by atoms with Crippen LogP contribution in [0.25, 0.3) is 0 Å². The quantitative estimate of drug-likeness (QED) is 0.740. The highest BCUT2D eigenvalue weighted by Crippen LogP contribution is 2.20. The highest BCUT2D eigenvalue weighted by molar-refractivity contribution is 7.91. The van der Waals surface area contributed by atoms with E-state index >= 15 is 0 Å². The second-order valence-corrected chi connectivity index (χ2v) is 7.14. The van der Waals surface area contributed by atoms with Crippen LogP contribution in [-0.2, 0) is 16.4 Å². The van der Waals surface area contributed by atoms with Gasteiger partial charge in [-0.15, -0.1) is 11.3 Å². The summed E-state index contributed by atoms with van der Waals surface area (Å²) in [5, 5.41) is 14.2. The number of nitrogens with one attached hydrogen (secondary N) is 2. The molecule has 1 amide bonds. The summed E-state index contributed by atoms with van der Waals surface area (Å²) in [5.41, 5.74) is 1.21. The van der Waals surface area contributed by atoms with Gasteiger partial charge in [-0.05, 0) is 25.5 Å². The molecule has 2 aromatic heterocycles. The third-order valence-electron chi connectivity index (χ3n) is 2.65. The molecule has 0 atom stereocenters. The Bertz CT molecular complexity index is 718. The lowest BCUT2D eigenvalue weighted by molar-refractivity contribution is 0.0953. The number of carbonyl (C=O) groups excluding carboxylic acids is 1. The maximum absolute atomic E-state index is 11.8. The van der Waals surface area contributed by atoms with Gasteiger partial charge in [-0.2, -0.15) is 5.10 Å². The third-order valence-corrected chi connectivity index (χ3v) is 5.23. The average molecular weight is 314 g/mol. The number of rotatable bonds is 5. The standard InChI is InChI=1S/C11H14N4O3S2/c1-7-9(6-14-15-7)11(16)13-5-4-8-2-3-10(19-8)20(12,17)18/h2-3,6H,4-5H2,1H3,(H,13,16)(H,14,15)(H2,12,17,18). The van der Waals surface area contributed by atoms with Crippen molar-refractivity contribution < 1.29 is 13.2 Å². The van der Waals surface area contributed by atoms with E-state index < -0.39 is 10.0 Å². The number of aryl methyl sites for hydroxylation is 1. The van der Waals surface area contributed by atoms with Crippen molar-refractivity contribution in [2.45, 2.75) is 17.6 Å². The van der Waals surface area contributed by atoms with E-state index in [9.17, 15) is 13.2 Å². The van der Waals surface area contributed by atoms with Gasteiger partial charge >= 0.3 is 0 Å². The smallest absolute Gasteiger partial charge is 0.254 e. The zero-order valence-electron chi connectivity index (χ0n) is 10.7. The summed E-state index contributed by atoms with van der Waals surface area (Å²) in [5.74, 6) is -0.209. The van der Waals surface area contributed by atoms with Crippen LogP contribution >= 0.6 is 11.3 Å². The maximum atomic E-state index is 11.8. The molecule has 0 aliphatic rings. The van der Waals surface area contributed by atoms with Crippen LogP contribution in [0.2, 0.25) is 0 Å². The number of primary sulfonamides is 1. The summed E-state index contributed by atoms with van der Waals surface area (Å²) in [6, 6.07) is 3.16. The molecule has 0 aliphatic heterocycles. The van der Waals surface area contributed by atoms with Crippen LogP contribution in [0.15, 0.2) is 22.5 Å². The molecule has 0 radical (unpaired) electrons. The Balaban J connectivity index is 1.89. The minimum Gasteiger partial charge on any atom is -0.352 e. The summed E-state index contributed by atoms with van der Waals surface area (Å²) in [4.78, 5) is 12.6. The van der Waals surface area contributed by atoms with E-state index in [0.29, 0.717) is 24.2 Å². The number of thiophene rings is 1. The van der Waals surface area contributed by atoms with Crippen LogP contribution in [0.3, 0.4) is 0 Å². The molecule has 0 fully saturated rings. The van der Waals surface area contributed by atoms with E-state index in [1.807, 2.05) is 0 Å². The van der Waals surface area contributed by atoms with Crippen molar-refractivity contribution in [3.05, 3.63) is 34.5 Å². The van der Waals surface area contributed by atoms with Crippen LogP contribution in [0.5, 0.6) is 0 Å². The minimum absolute atomic E-state index is 0.129. The Hall–Kier alpha value is -1.71. The molecule has 2 heterocycles. The zero-order valence-corrected chi connectivity index (χ0v) is 12.3. The van der Waals surface area contributed by atoms with Crippen LogP contribution in [0, 0.1) is 6.92 Å². The van der Waals surface area contributed by atoms with E-state index in [1.54, 1.807) is 13.0 Å². The summed E-state index contributed by atoms with van der Waals surface area (Å²) in [6.45, 7) is 2.17. The van der Waals surface area contributed by atoms with Gasteiger partial charge in [0.1, 0.15) is 4.21 Å². The molecule has 20 heavy (non-hydrogen) atoms. The molecule has 2 aromatic rings. The lowest BCUT2D eigenvalue weighted by Crippen LogP contribution is -2.25. The largest absolute Gasteiger partial charge is 0.352 e. The SMILES string of the molecule is Cc1[nH]ncc1C(=O)NCCc1ccc(S(N)(=O)=O)s1. The normalized spacial score (nSPS) is 11.5. The van der Waals surface area contributed by atoms with Crippen molar-refractivity contribution in [2.75, 3.05) is 6.54 Å². The summed E-state index contributed by atoms with van der Waals surface area (Å²) < 4.78 is 22.4. The molecule has 4 N–H and O–H groups in total. The number of nitrogens with zero attached hydrogens (tertiary/aromatic N) is 1. The van der Waals surface area contributed by atoms with E-state index in [0.717, 1.165) is 16.2 Å². The zero-order chi connectivity index (χ0) is 14.8. The Labute approximate surface area is 120 Å². The van der Waals surface area contributed by atoms with Crippen LogP contribution in [0.4, 0.5) is 0 Å². The fourth-order valence-electron chi connectivity index (χ4n) is 1.62. The van der Waals surface area contributed by atoms with Crippen molar-refractivity contribution in [3.63, 3.8) is 0 Å². The number of hydrogen-bond donors (Lipinski definition) is 3. The molecule has 0 unspecified atom stereocenters. The Morgan fingerprint density at radius 3 is 2.80 bits per heavy atom. The van der Waals surface area contributed by atoms with E-state index in [2.05, 4.69) is 15.5 Å². The molecule has 0 saturated carbocycles. The number of nitrogens with two attached hydrogens (primary N) is 1. The average Bonchev–Trinajstić information content (AvgIpc) is 2.97. The minimum atomic E-state index is -3.65. The van der Waals surface area contributed by atoms with Crippen molar-refractivity contribution in [1.29, 1.82) is 0 Å². The Kier molecular flexibility index (Phi) is 4.21. The lowest BCUT2D eigenvalue weighted by atomic mass is 10.2. The number of carbonyl (C=O) groups is 1. The van der Waals surface area contributed by atoms with Gasteiger partial charge in [-0.25, -0.2) is 13.6 Å². The summed E-state index contributed by atoms with van der Waals surface area (Å²) in [6.07, 6.45) is 2.01. The monoisotopic (exact) mass is 314 g/mol. The molecular formula is C11H14N4O3S2. The first-order valence-corrected chi connectivity index (χ1v) is 8.14. The van der Waals surface area contributed by atoms with E-state index in [1.165, 1.54) is 12.3 Å². The number of hydrogen-bond acceptors (Lipinski definition) is 5. The van der Waals surface area contributed by atoms with Gasteiger partial charge in [0.2, 0.25) is 10.0 Å². The van der Waals surface area contributed by atoms with E-state index in [4.69, 9.17) is 5.14 Å². The van der Waals surface area contributed by atoms with Gasteiger partial charge < -0.3 is 5.32 Å². The number of aromatic nitrogens is 2. The fourth-order valence-corrected chi connectivity index (χ4v) is 3.40. The van der Waals surface area contributed by atoms with Crippen molar-refractivity contribution in [3.8, 4) is 0 Å². The van der Waals surface area contributed by atoms with Crippen LogP contribution in [-0.4, -0.2) is 31.1 Å². The van der Waals surface area contributed by atoms with Gasteiger partial charge in [0, 0.05) is 17.1 Å². The van der Waals surface area contributed by atoms with Crippen molar-refractivity contribution in [1.82, 2.24) is 15.5 Å². The van der Waals surface area contributed by atoms with Crippen LogP contribution in [0.1, 0.15) is 20.9 Å². The molecule has 7 nitrogen and oxygen atoms in total. The molecule has 9 heteroatoms. The molecule has 0 saturated heterocycles. The third kappa shape index (κ3) is 3.44. The van der Waals surface area contributed by atoms with E-state index in [-0.39, 0.29) is 10.1 Å². The second kappa shape index (κ2) is 5.73. The van der Waals surface area contributed by atoms with Gasteiger partial charge in [-0.3, -0.25) is 9.89 Å². The van der Waals surface area contributed by atoms with Crippen molar-refractivity contribution in [2.24, 2.45) is 5.14 Å². The summed E-state index contributed by atoms with van der Waals surface area (Å²) in [7, 11) is -3.65. The molecular weight excluding hydrogens is 300 g/mol. The second-order valence-electron chi connectivity index (χ2n) is 4.18. The molecule has 0 spiro atoms. The van der Waals surface area contributed by atoms with Gasteiger partial charge in [0.25, 0.3) is 5.91 Å². The maximum Gasteiger partial charge on any atom is 0.254 e. The van der Waals surface area contributed by atoms with Gasteiger partial charge in [0.15, 0.2) is 0 Å². The lowest BCUT2D eigenvalue weighted by Gasteiger charge is -2.02. The fraction of sp³-hybridized carbons (Fsp3) is 0.273. The predicted molar refractivity (Wildman–Crippen MR) is 75.1 cm³/mol. The summed E-state index contributed by atoms with van der Waals surface area (Å²) >= 11 is 1.11. The molecule has 108 valence electrons. The first-order valence-electron chi connectivity index (χ1n) is 5.77. The number of sulfonamides is 1. The molecule has 0 aliphatic carbocycles. The number of H-pyrrole nitrogens is 1. The van der Waals surface area contributed by atoms with Crippen molar-refractivity contribution >= 4 is 27.3 Å². The predicted octanol–water partition coefficient (Wildman–Crippen LogP) is 0.400. The molecule has 2 rings (SSSR count). The Morgan fingerprint density at radius 2 is 2.25 bits per heavy atom. The van der Waals surface area contributed by atoms with Crippen LogP contribution < -0.4 is 10.5 Å². The topological polar surface area (TPSA) is 118 Å². The molecule has 0 aromatic carbocycles. The van der Waals surface area contributed by atoms with Gasteiger partial charge in [-0.1, -0.05) is 0 Å². The first-order chi connectivity index (χ1) is 9.38. The Morgan fingerprint density at radius 1 is 1.50 bits per heavy atom. The number of amides is 1. The highest BCUT2D eigenvalue weighted by atomic mass is 32.2. The number of aromatic amines is 1.